The average Bonchev–Trinajstić information content (AvgIpc) is 1.39. The quantitative estimate of drug-likeness (QED) is 0.320. The molecular weight excluding hydrogens is 207 g/mol. The average molecular weight is 213 g/mol. The zero-order chi connectivity index (χ0) is 5.41. The third kappa shape index (κ3) is 228. The Kier molecular flexibility index (Phi) is 64.7. The molecule has 0 aliphatic heterocycles. The standard InChI is InChI=1S/2Cu.5H2O/h;;5*1H2/q2*+2;;;;;/p-4. The van der Waals surface area contributed by atoms with Crippen LogP contribution in [0.25, 0.3) is 0 Å². The maximum absolute atomic E-state index is 7.03. The molecule has 7 heavy (non-hydrogen) atoms. The summed E-state index contributed by atoms with van der Waals surface area (Å²) in [6, 6.07) is 0. The molecule has 0 bridgehead atoms. The minimum absolute atomic E-state index is 0. The van der Waals surface area contributed by atoms with Gasteiger partial charge in [0.15, 0.2) is 0 Å². The molecule has 5 nitrogen and oxygen atoms in total. The van der Waals surface area contributed by atoms with Gasteiger partial charge in [0.25, 0.3) is 0 Å². The van der Waals surface area contributed by atoms with Crippen molar-refractivity contribution in [2.75, 3.05) is 0 Å². The van der Waals surface area contributed by atoms with Gasteiger partial charge < -0.3 is 5.48 Å². The van der Waals surface area contributed by atoms with Crippen molar-refractivity contribution in [2.24, 2.45) is 0 Å². The SMILES string of the molecule is O.[OH][Cu][OH].[OH][Cu][OH]. The molecule has 0 aromatic heterocycles. The first-order valence-electron chi connectivity index (χ1n) is 0.539. The Hall–Kier alpha value is 0.839. The van der Waals surface area contributed by atoms with Crippen LogP contribution < -0.4 is 0 Å². The molecular formula is H6Cu2O5. The van der Waals surface area contributed by atoms with Gasteiger partial charge in [-0.2, -0.15) is 0 Å². The molecule has 0 spiro atoms. The fourth-order valence-electron chi connectivity index (χ4n) is 0. The van der Waals surface area contributed by atoms with Gasteiger partial charge >= 0.3 is 48.0 Å². The topological polar surface area (TPSA) is 112 Å². The van der Waals surface area contributed by atoms with E-state index < -0.39 is 0 Å². The summed E-state index contributed by atoms with van der Waals surface area (Å²) in [4.78, 5) is 0. The molecule has 0 rings (SSSR count). The number of hydrogen-bond donors (Lipinski definition) is 4. The van der Waals surface area contributed by atoms with Crippen molar-refractivity contribution < 1.29 is 53.5 Å². The fraction of sp³-hybridized carbons (Fsp3) is 0. The van der Waals surface area contributed by atoms with Gasteiger partial charge in [-0.3, -0.25) is 0 Å². The summed E-state index contributed by atoms with van der Waals surface area (Å²) in [5.74, 6) is 0. The van der Waals surface area contributed by atoms with Gasteiger partial charge in [-0.15, -0.1) is 0 Å². The van der Waals surface area contributed by atoms with Crippen LogP contribution in [0.1, 0.15) is 0 Å². The third-order valence-corrected chi connectivity index (χ3v) is 0. The molecule has 6 N–H and O–H groups in total. The Morgan fingerprint density at radius 2 is 0.714 bits per heavy atom. The summed E-state index contributed by atoms with van der Waals surface area (Å²) in [7, 11) is 0. The summed E-state index contributed by atoms with van der Waals surface area (Å²) >= 11 is -0.375. The van der Waals surface area contributed by atoms with Gasteiger partial charge in [0.2, 0.25) is 0 Å². The first-order valence-corrected chi connectivity index (χ1v) is 2.22. The Bertz CT molecular complexity index is 8.04. The molecule has 0 aromatic carbocycles. The van der Waals surface area contributed by atoms with Crippen LogP contribution in [-0.4, -0.2) is 22.2 Å². The van der Waals surface area contributed by atoms with E-state index in [2.05, 4.69) is 0 Å². The molecule has 0 heterocycles. The van der Waals surface area contributed by atoms with Gasteiger partial charge in [0.05, 0.1) is 0 Å². The van der Waals surface area contributed by atoms with Gasteiger partial charge in [-0.1, -0.05) is 0 Å². The van der Waals surface area contributed by atoms with E-state index in [1.54, 1.807) is 0 Å². The molecule has 0 aliphatic rings. The molecule has 0 unspecified atom stereocenters. The Balaban J connectivity index is -0.0000000400. The molecule has 58 valence electrons. The molecule has 0 fully saturated rings. The van der Waals surface area contributed by atoms with Crippen molar-refractivity contribution in [2.45, 2.75) is 0 Å². The third-order valence-electron chi connectivity index (χ3n) is 0. The first-order chi connectivity index (χ1) is 2.83. The zero-order valence-electron chi connectivity index (χ0n) is 2.89. The Morgan fingerprint density at radius 1 is 0.714 bits per heavy atom. The van der Waals surface area contributed by atoms with E-state index in [9.17, 15) is 0 Å². The zero-order valence-corrected chi connectivity index (χ0v) is 4.78. The van der Waals surface area contributed by atoms with Crippen molar-refractivity contribution >= 4 is 0 Å². The second kappa shape index (κ2) is 28.9. The normalized spacial score (nSPS) is 6.29. The van der Waals surface area contributed by atoms with Crippen molar-refractivity contribution in [3.05, 3.63) is 0 Å². The van der Waals surface area contributed by atoms with Crippen molar-refractivity contribution in [3.8, 4) is 0 Å². The van der Waals surface area contributed by atoms with Crippen LogP contribution in [0.15, 0.2) is 0 Å². The predicted molar refractivity (Wildman–Crippen MR) is 12.5 cm³/mol. The monoisotopic (exact) mass is 212 g/mol. The molecule has 0 saturated heterocycles. The molecule has 0 aliphatic carbocycles. The van der Waals surface area contributed by atoms with Crippen LogP contribution in [-0.2, 0) is 31.2 Å². The van der Waals surface area contributed by atoms with Crippen LogP contribution in [0.4, 0.5) is 0 Å². The van der Waals surface area contributed by atoms with E-state index in [0.29, 0.717) is 0 Å². The van der Waals surface area contributed by atoms with Gasteiger partial charge in [-0.25, -0.2) is 0 Å². The first kappa shape index (κ1) is 15.7. The second-order valence-electron chi connectivity index (χ2n) is 0.121. The molecule has 0 atom stereocenters. The molecule has 0 radical (unpaired) electrons. The predicted octanol–water partition coefficient (Wildman–Crippen LogP) is -3.06. The molecule has 0 aromatic rings. The second-order valence-corrected chi connectivity index (χ2v) is 0.497. The van der Waals surface area contributed by atoms with E-state index in [0.717, 1.165) is 0 Å². The summed E-state index contributed by atoms with van der Waals surface area (Å²) in [6.45, 7) is 0. The van der Waals surface area contributed by atoms with E-state index in [1.165, 1.54) is 0 Å². The van der Waals surface area contributed by atoms with Crippen molar-refractivity contribution in [3.63, 3.8) is 0 Å². The fourth-order valence-corrected chi connectivity index (χ4v) is 0. The van der Waals surface area contributed by atoms with Gasteiger partial charge in [0.1, 0.15) is 0 Å². The Morgan fingerprint density at radius 3 is 0.714 bits per heavy atom. The van der Waals surface area contributed by atoms with Crippen LogP contribution in [0.2, 0.25) is 0 Å². The molecule has 0 amide bonds. The molecule has 7 heteroatoms. The summed E-state index contributed by atoms with van der Waals surface area (Å²) in [5.41, 5.74) is 0. The summed E-state index contributed by atoms with van der Waals surface area (Å²) in [6.07, 6.45) is 0. The van der Waals surface area contributed by atoms with Crippen LogP contribution in [0.5, 0.6) is 0 Å². The number of hydrogen-bond acceptors (Lipinski definition) is 4. The molecule has 0 saturated carbocycles. The van der Waals surface area contributed by atoms with Crippen molar-refractivity contribution in [1.82, 2.24) is 0 Å². The maximum atomic E-state index is 7.03. The van der Waals surface area contributed by atoms with E-state index in [1.807, 2.05) is 0 Å². The van der Waals surface area contributed by atoms with E-state index in [4.69, 9.17) is 16.8 Å². The van der Waals surface area contributed by atoms with Crippen LogP contribution in [0, 0.1) is 0 Å². The van der Waals surface area contributed by atoms with Gasteiger partial charge in [-0.05, 0) is 0 Å². The van der Waals surface area contributed by atoms with E-state index in [-0.39, 0.29) is 36.7 Å². The summed E-state index contributed by atoms with van der Waals surface area (Å²) < 4.78 is 28.1. The Labute approximate surface area is 53.9 Å². The van der Waals surface area contributed by atoms with Crippen molar-refractivity contribution in [1.29, 1.82) is 0 Å². The van der Waals surface area contributed by atoms with Crippen LogP contribution in [0.3, 0.4) is 0 Å². The van der Waals surface area contributed by atoms with E-state index >= 15 is 0 Å². The number of rotatable bonds is 0. The summed E-state index contributed by atoms with van der Waals surface area (Å²) in [5, 5.41) is 0. The minimum atomic E-state index is -0.188. The van der Waals surface area contributed by atoms with Crippen LogP contribution >= 0.6 is 0 Å². The van der Waals surface area contributed by atoms with Gasteiger partial charge in [0, 0.05) is 0 Å².